The van der Waals surface area contributed by atoms with Crippen LogP contribution in [0.4, 0.5) is 0 Å². The van der Waals surface area contributed by atoms with Crippen LogP contribution in [0.25, 0.3) is 0 Å². The lowest BCUT2D eigenvalue weighted by atomic mass is 10.1. The Kier molecular flexibility index (Phi) is 9.09. The molecule has 1 amide bonds. The molecule has 0 saturated carbocycles. The molecule has 9 nitrogen and oxygen atoms in total. The van der Waals surface area contributed by atoms with Crippen molar-refractivity contribution in [3.63, 3.8) is 0 Å². The first kappa shape index (κ1) is 25.9. The lowest BCUT2D eigenvalue weighted by Crippen LogP contribution is -2.45. The molecule has 2 N–H and O–H groups in total. The summed E-state index contributed by atoms with van der Waals surface area (Å²) < 4.78 is 34.5. The van der Waals surface area contributed by atoms with E-state index in [-0.39, 0.29) is 25.5 Å². The highest BCUT2D eigenvalue weighted by Gasteiger charge is 2.64. The van der Waals surface area contributed by atoms with Gasteiger partial charge in [0.2, 0.25) is 11.7 Å². The van der Waals surface area contributed by atoms with Gasteiger partial charge in [-0.25, -0.2) is 0 Å². The molecule has 3 rings (SSSR count). The van der Waals surface area contributed by atoms with Crippen LogP contribution in [0.5, 0.6) is 5.75 Å². The first-order valence-electron chi connectivity index (χ1n) is 11.6. The van der Waals surface area contributed by atoms with Gasteiger partial charge in [-0.3, -0.25) is 4.79 Å². The van der Waals surface area contributed by atoms with Crippen LogP contribution in [0.3, 0.4) is 0 Å². The van der Waals surface area contributed by atoms with Crippen LogP contribution in [0, 0.1) is 0 Å². The normalized spacial score (nSPS) is 28.0. The zero-order valence-electron chi connectivity index (χ0n) is 20.0. The van der Waals surface area contributed by atoms with Crippen molar-refractivity contribution >= 4 is 5.91 Å². The summed E-state index contributed by atoms with van der Waals surface area (Å²) in [6.45, 7) is 7.40. The van der Waals surface area contributed by atoms with Crippen molar-refractivity contribution in [1.82, 2.24) is 5.32 Å². The molecular weight excluding hydrogens is 430 g/mol. The van der Waals surface area contributed by atoms with Crippen LogP contribution in [0.2, 0.25) is 0 Å². The number of hydrogen-bond donors (Lipinski definition) is 2. The second-order valence-corrected chi connectivity index (χ2v) is 8.85. The average molecular weight is 468 g/mol. The predicted molar refractivity (Wildman–Crippen MR) is 120 cm³/mol. The van der Waals surface area contributed by atoms with Gasteiger partial charge in [-0.2, -0.15) is 0 Å². The van der Waals surface area contributed by atoms with E-state index in [0.29, 0.717) is 25.6 Å². The number of ether oxygens (including phenoxy) is 6. The highest BCUT2D eigenvalue weighted by molar-refractivity contribution is 5.78. The van der Waals surface area contributed by atoms with Crippen molar-refractivity contribution in [3.8, 4) is 5.75 Å². The van der Waals surface area contributed by atoms with Gasteiger partial charge in [-0.05, 0) is 38.0 Å². The molecule has 0 aromatic heterocycles. The molecule has 0 spiro atoms. The molecule has 33 heavy (non-hydrogen) atoms. The van der Waals surface area contributed by atoms with E-state index in [4.69, 9.17) is 28.4 Å². The zero-order valence-corrected chi connectivity index (χ0v) is 20.0. The van der Waals surface area contributed by atoms with Crippen molar-refractivity contribution in [3.05, 3.63) is 29.8 Å². The van der Waals surface area contributed by atoms with E-state index in [2.05, 4.69) is 12.2 Å². The number of nitrogens with one attached hydrogen (secondary N) is 1. The average Bonchev–Trinajstić information content (AvgIpc) is 3.18. The monoisotopic (exact) mass is 467 g/mol. The van der Waals surface area contributed by atoms with Crippen molar-refractivity contribution in [2.75, 3.05) is 40.1 Å². The second kappa shape index (κ2) is 11.6. The number of methoxy groups -OCH3 is 1. The van der Waals surface area contributed by atoms with Crippen LogP contribution < -0.4 is 10.1 Å². The molecule has 1 aromatic rings. The third kappa shape index (κ3) is 6.88. The molecule has 186 valence electrons. The van der Waals surface area contributed by atoms with E-state index < -0.39 is 29.9 Å². The van der Waals surface area contributed by atoms with E-state index in [0.717, 1.165) is 18.4 Å². The smallest absolute Gasteiger partial charge is 0.224 e. The largest absolute Gasteiger partial charge is 0.497 e. The number of carbonyl (C=O) groups excluding carboxylic acids is 1. The van der Waals surface area contributed by atoms with Crippen LogP contribution in [0.15, 0.2) is 24.3 Å². The third-order valence-corrected chi connectivity index (χ3v) is 5.62. The first-order chi connectivity index (χ1) is 15.8. The fourth-order valence-electron chi connectivity index (χ4n) is 4.07. The second-order valence-electron chi connectivity index (χ2n) is 8.85. The number of unbranched alkanes of at least 4 members (excludes halogenated alkanes) is 1. The van der Waals surface area contributed by atoms with Crippen molar-refractivity contribution in [1.29, 1.82) is 0 Å². The Morgan fingerprint density at radius 1 is 1.18 bits per heavy atom. The SMILES string of the molecule is CCCCOCCOC[C@@]12O[C@@H](CNC(=O)Cc3cccc(OC)c3)[C@@H](O)[C@@H]1OC(C)(C)O2. The van der Waals surface area contributed by atoms with E-state index >= 15 is 0 Å². The molecule has 9 heteroatoms. The molecule has 2 heterocycles. The first-order valence-corrected chi connectivity index (χ1v) is 11.6. The van der Waals surface area contributed by atoms with Gasteiger partial charge >= 0.3 is 0 Å². The minimum atomic E-state index is -1.24. The summed E-state index contributed by atoms with van der Waals surface area (Å²) in [6.07, 6.45) is -0.116. The fourth-order valence-corrected chi connectivity index (χ4v) is 4.07. The number of rotatable bonds is 13. The van der Waals surface area contributed by atoms with E-state index in [1.54, 1.807) is 21.0 Å². The maximum Gasteiger partial charge on any atom is 0.224 e. The van der Waals surface area contributed by atoms with Crippen molar-refractivity contribution < 1.29 is 38.3 Å². The van der Waals surface area contributed by atoms with E-state index in [1.165, 1.54) is 0 Å². The Balaban J connectivity index is 1.51. The Labute approximate surface area is 195 Å². The minimum absolute atomic E-state index is 0.0869. The Morgan fingerprint density at radius 2 is 1.97 bits per heavy atom. The van der Waals surface area contributed by atoms with Gasteiger partial charge in [-0.1, -0.05) is 25.5 Å². The number of hydrogen-bond acceptors (Lipinski definition) is 8. The van der Waals surface area contributed by atoms with Crippen LogP contribution in [0.1, 0.15) is 39.2 Å². The number of benzene rings is 1. The molecule has 0 unspecified atom stereocenters. The quantitative estimate of drug-likeness (QED) is 0.423. The van der Waals surface area contributed by atoms with E-state index in [1.807, 2.05) is 24.3 Å². The maximum absolute atomic E-state index is 12.4. The van der Waals surface area contributed by atoms with Gasteiger partial charge in [0, 0.05) is 13.2 Å². The molecule has 0 radical (unpaired) electrons. The highest BCUT2D eigenvalue weighted by Crippen LogP contribution is 2.45. The molecule has 2 saturated heterocycles. The topological polar surface area (TPSA) is 105 Å². The molecule has 0 aliphatic carbocycles. The van der Waals surface area contributed by atoms with E-state index in [9.17, 15) is 9.90 Å². The number of amides is 1. The molecule has 2 aliphatic rings. The summed E-state index contributed by atoms with van der Waals surface area (Å²) in [5.41, 5.74) is 0.830. The van der Waals surface area contributed by atoms with Gasteiger partial charge in [0.1, 0.15) is 30.7 Å². The molecular formula is C24H37NO8. The molecule has 4 atom stereocenters. The Morgan fingerprint density at radius 3 is 2.73 bits per heavy atom. The van der Waals surface area contributed by atoms with Gasteiger partial charge in [0.05, 0.1) is 26.7 Å². The highest BCUT2D eigenvalue weighted by atomic mass is 16.9. The summed E-state index contributed by atoms with van der Waals surface area (Å²) >= 11 is 0. The van der Waals surface area contributed by atoms with Gasteiger partial charge < -0.3 is 38.8 Å². The minimum Gasteiger partial charge on any atom is -0.497 e. The van der Waals surface area contributed by atoms with Crippen molar-refractivity contribution in [2.24, 2.45) is 0 Å². The summed E-state index contributed by atoms with van der Waals surface area (Å²) in [5.74, 6) is -1.66. The number of carbonyl (C=O) groups is 1. The predicted octanol–water partition coefficient (Wildman–Crippen LogP) is 1.79. The molecule has 1 aromatic carbocycles. The summed E-state index contributed by atoms with van der Waals surface area (Å²) in [5, 5.41) is 13.7. The lowest BCUT2D eigenvalue weighted by Gasteiger charge is -2.28. The Hall–Kier alpha value is -1.75. The molecule has 0 bridgehead atoms. The van der Waals surface area contributed by atoms with Crippen molar-refractivity contribution in [2.45, 2.75) is 69.9 Å². The standard InChI is InChI=1S/C24H37NO8/c1-5-6-10-29-11-12-30-16-24-22(32-23(2,3)33-24)21(27)19(31-24)15-25-20(26)14-17-8-7-9-18(13-17)28-4/h7-9,13,19,21-22,27H,5-6,10-12,14-16H2,1-4H3,(H,25,26)/t19-,21+,22-,24-/m0/s1. The van der Waals surface area contributed by atoms with Gasteiger partial charge in [0.25, 0.3) is 0 Å². The van der Waals surface area contributed by atoms with Crippen LogP contribution >= 0.6 is 0 Å². The summed E-state index contributed by atoms with van der Waals surface area (Å²) in [7, 11) is 1.58. The number of aliphatic hydroxyl groups is 1. The molecule has 2 aliphatic heterocycles. The number of aliphatic hydroxyl groups excluding tert-OH is 1. The maximum atomic E-state index is 12.4. The van der Waals surface area contributed by atoms with Crippen LogP contribution in [-0.4, -0.2) is 81.0 Å². The van der Waals surface area contributed by atoms with Gasteiger partial charge in [0.15, 0.2) is 5.79 Å². The summed E-state index contributed by atoms with van der Waals surface area (Å²) in [6, 6.07) is 7.33. The fraction of sp³-hybridized carbons (Fsp3) is 0.708. The van der Waals surface area contributed by atoms with Crippen LogP contribution in [-0.2, 0) is 34.9 Å². The van der Waals surface area contributed by atoms with Gasteiger partial charge in [-0.15, -0.1) is 0 Å². The summed E-state index contributed by atoms with van der Waals surface area (Å²) in [4.78, 5) is 12.4. The lowest BCUT2D eigenvalue weighted by molar-refractivity contribution is -0.277. The Bertz CT molecular complexity index is 773. The third-order valence-electron chi connectivity index (χ3n) is 5.62. The zero-order chi connectivity index (χ0) is 23.9. The number of fused-ring (bicyclic) bond motifs is 1. The molecule has 2 fully saturated rings.